The first-order valence-electron chi connectivity index (χ1n) is 11.5. The minimum absolute atomic E-state index is 0.0578. The van der Waals surface area contributed by atoms with Crippen LogP contribution in [-0.2, 0) is 6.16 Å². The minimum atomic E-state index is -1.96. The highest BCUT2D eigenvalue weighted by Crippen LogP contribution is 2.58. The van der Waals surface area contributed by atoms with E-state index in [4.69, 9.17) is 0 Å². The van der Waals surface area contributed by atoms with Crippen LogP contribution in [0.5, 0.6) is 0 Å². The number of carbonyl (C=O) groups excluding carboxylic acids is 1. The third-order valence-corrected chi connectivity index (χ3v) is 10.6. The normalized spacial score (nSPS) is 11.2. The summed E-state index contributed by atoms with van der Waals surface area (Å²) >= 11 is 0. The minimum Gasteiger partial charge on any atom is -0.289 e. The Kier molecular flexibility index (Phi) is 6.47. The zero-order valence-electron chi connectivity index (χ0n) is 18.9. The van der Waals surface area contributed by atoms with Crippen LogP contribution in [0.3, 0.4) is 0 Å². The van der Waals surface area contributed by atoms with E-state index in [1.54, 1.807) is 0 Å². The molecule has 0 aliphatic carbocycles. The zero-order valence-corrected chi connectivity index (χ0v) is 19.8. The van der Waals surface area contributed by atoms with Gasteiger partial charge in [0.25, 0.3) is 0 Å². The molecule has 2 heteroatoms. The molecule has 0 unspecified atom stereocenters. The topological polar surface area (TPSA) is 17.1 Å². The van der Waals surface area contributed by atoms with E-state index in [0.29, 0.717) is 0 Å². The lowest BCUT2D eigenvalue weighted by atomic mass is 10.0. The summed E-state index contributed by atoms with van der Waals surface area (Å²) in [7, 11) is -1.96. The highest BCUT2D eigenvalue weighted by Gasteiger charge is 2.45. The van der Waals surface area contributed by atoms with Crippen molar-refractivity contribution in [3.05, 3.63) is 162 Å². The summed E-state index contributed by atoms with van der Waals surface area (Å²) in [5.41, 5.74) is 2.67. The van der Waals surface area contributed by atoms with Gasteiger partial charge < -0.3 is 0 Å². The second-order valence-corrected chi connectivity index (χ2v) is 11.9. The Labute approximate surface area is 202 Å². The molecule has 34 heavy (non-hydrogen) atoms. The molecule has 0 radical (unpaired) electrons. The van der Waals surface area contributed by atoms with E-state index in [2.05, 4.69) is 103 Å². The molecule has 0 amide bonds. The van der Waals surface area contributed by atoms with Gasteiger partial charge in [-0.2, -0.15) is 0 Å². The molecule has 0 bridgehead atoms. The third-order valence-electron chi connectivity index (χ3n) is 6.26. The highest BCUT2D eigenvalue weighted by molar-refractivity contribution is 7.95. The summed E-state index contributed by atoms with van der Waals surface area (Å²) in [6.45, 7) is 0. The second-order valence-electron chi connectivity index (χ2n) is 8.37. The highest BCUT2D eigenvalue weighted by atomic mass is 31.2. The van der Waals surface area contributed by atoms with Crippen LogP contribution in [0.1, 0.15) is 21.5 Å². The Morgan fingerprint density at radius 2 is 0.794 bits per heavy atom. The second kappa shape index (κ2) is 10.00. The summed E-state index contributed by atoms with van der Waals surface area (Å²) in [5.74, 6) is 0.0578. The first-order valence-corrected chi connectivity index (χ1v) is 13.5. The summed E-state index contributed by atoms with van der Waals surface area (Å²) in [6, 6.07) is 50.3. The molecule has 0 saturated heterocycles. The predicted molar refractivity (Wildman–Crippen MR) is 145 cm³/mol. The van der Waals surface area contributed by atoms with E-state index in [9.17, 15) is 4.79 Å². The van der Waals surface area contributed by atoms with Gasteiger partial charge in [0.05, 0.1) is 6.16 Å². The zero-order chi connectivity index (χ0) is 23.2. The van der Waals surface area contributed by atoms with E-state index in [0.717, 1.165) is 17.3 Å². The fourth-order valence-corrected chi connectivity index (χ4v) is 8.80. The van der Waals surface area contributed by atoms with E-state index in [1.165, 1.54) is 21.5 Å². The van der Waals surface area contributed by atoms with Crippen molar-refractivity contribution in [2.75, 3.05) is 0 Å². The van der Waals surface area contributed by atoms with E-state index in [1.807, 2.05) is 42.5 Å². The lowest BCUT2D eigenvalue weighted by Gasteiger charge is -2.28. The molecule has 0 atom stereocenters. The number of rotatable bonds is 7. The van der Waals surface area contributed by atoms with Gasteiger partial charge in [-0.05, 0) is 42.0 Å². The van der Waals surface area contributed by atoms with E-state index >= 15 is 0 Å². The average Bonchev–Trinajstić information content (AvgIpc) is 2.94. The fourth-order valence-electron chi connectivity index (χ4n) is 4.56. The molecule has 5 aromatic rings. The van der Waals surface area contributed by atoms with E-state index < -0.39 is 7.26 Å². The van der Waals surface area contributed by atoms with Gasteiger partial charge in [-0.3, -0.25) is 4.79 Å². The molecule has 0 N–H and O–H groups in total. The lowest BCUT2D eigenvalue weighted by Crippen LogP contribution is -2.32. The maximum atomic E-state index is 12.9. The molecule has 0 heterocycles. The summed E-state index contributed by atoms with van der Waals surface area (Å²) in [6.07, 6.45) is 0.894. The molecule has 0 spiro atoms. The standard InChI is InChI=1S/C32H26OP/c33-32(27-13-5-1-6-14-27)28-23-21-26(22-24-28)25-34(29-15-7-2-8-16-29,30-17-9-3-10-18-30)31-19-11-4-12-20-31/h1-24H,25H2/q+1. The van der Waals surface area contributed by atoms with Crippen molar-refractivity contribution in [1.29, 1.82) is 0 Å². The van der Waals surface area contributed by atoms with Crippen molar-refractivity contribution < 1.29 is 4.79 Å². The Balaban J connectivity index is 1.60. The molecule has 1 nitrogen and oxygen atoms in total. The summed E-state index contributed by atoms with van der Waals surface area (Å²) in [4.78, 5) is 12.9. The Morgan fingerprint density at radius 3 is 1.21 bits per heavy atom. The van der Waals surface area contributed by atoms with Gasteiger partial charge in [-0.15, -0.1) is 0 Å². The van der Waals surface area contributed by atoms with Crippen LogP contribution in [0.2, 0.25) is 0 Å². The SMILES string of the molecule is O=C(c1ccccc1)c1ccc(C[P+](c2ccccc2)(c2ccccc2)c2ccccc2)cc1. The third kappa shape index (κ3) is 4.36. The van der Waals surface area contributed by atoms with Crippen LogP contribution in [0.4, 0.5) is 0 Å². The van der Waals surface area contributed by atoms with Crippen LogP contribution in [0, 0.1) is 0 Å². The smallest absolute Gasteiger partial charge is 0.193 e. The van der Waals surface area contributed by atoms with Crippen molar-refractivity contribution in [2.45, 2.75) is 6.16 Å². The maximum absolute atomic E-state index is 12.9. The molecule has 5 rings (SSSR count). The fraction of sp³-hybridized carbons (Fsp3) is 0.0312. The van der Waals surface area contributed by atoms with Gasteiger partial charge in [-0.1, -0.05) is 109 Å². The maximum Gasteiger partial charge on any atom is 0.193 e. The van der Waals surface area contributed by atoms with Crippen molar-refractivity contribution in [3.63, 3.8) is 0 Å². The van der Waals surface area contributed by atoms with E-state index in [-0.39, 0.29) is 5.78 Å². The van der Waals surface area contributed by atoms with Gasteiger partial charge in [0.2, 0.25) is 0 Å². The molecule has 5 aromatic carbocycles. The van der Waals surface area contributed by atoms with Gasteiger partial charge in [0.15, 0.2) is 5.78 Å². The van der Waals surface area contributed by atoms with Gasteiger partial charge in [0, 0.05) is 11.1 Å². The molecule has 0 aliphatic heterocycles. The first kappa shape index (κ1) is 22.0. The van der Waals surface area contributed by atoms with Crippen LogP contribution in [0.25, 0.3) is 0 Å². The molecule has 0 aliphatic rings. The van der Waals surface area contributed by atoms with Crippen molar-refractivity contribution in [2.24, 2.45) is 0 Å². The summed E-state index contributed by atoms with van der Waals surface area (Å²) in [5, 5.41) is 4.07. The van der Waals surface area contributed by atoms with Crippen molar-refractivity contribution >= 4 is 29.0 Å². The Hall–Kier alpha value is -3.80. The largest absolute Gasteiger partial charge is 0.289 e. The van der Waals surface area contributed by atoms with Crippen LogP contribution in [0.15, 0.2) is 146 Å². The van der Waals surface area contributed by atoms with Gasteiger partial charge in [0.1, 0.15) is 23.2 Å². The lowest BCUT2D eigenvalue weighted by molar-refractivity contribution is 0.103. The Bertz CT molecular complexity index is 1250. The molecular formula is C32H26OP+. The monoisotopic (exact) mass is 457 g/mol. The Morgan fingerprint density at radius 1 is 0.441 bits per heavy atom. The van der Waals surface area contributed by atoms with Crippen molar-refractivity contribution in [3.8, 4) is 0 Å². The predicted octanol–water partition coefficient (Wildman–Crippen LogP) is 6.41. The quantitative estimate of drug-likeness (QED) is 0.204. The van der Waals surface area contributed by atoms with Crippen molar-refractivity contribution in [1.82, 2.24) is 0 Å². The number of ketones is 1. The van der Waals surface area contributed by atoms with Crippen LogP contribution in [-0.4, -0.2) is 5.78 Å². The van der Waals surface area contributed by atoms with Crippen LogP contribution >= 0.6 is 7.26 Å². The first-order chi connectivity index (χ1) is 16.8. The van der Waals surface area contributed by atoms with Crippen LogP contribution < -0.4 is 15.9 Å². The van der Waals surface area contributed by atoms with Gasteiger partial charge in [-0.25, -0.2) is 0 Å². The summed E-state index contributed by atoms with van der Waals surface area (Å²) < 4.78 is 0. The number of benzene rings is 5. The molecule has 0 aromatic heterocycles. The molecular weight excluding hydrogens is 431 g/mol. The number of carbonyl (C=O) groups is 1. The number of hydrogen-bond donors (Lipinski definition) is 0. The molecule has 164 valence electrons. The average molecular weight is 458 g/mol. The number of hydrogen-bond acceptors (Lipinski definition) is 1. The molecule has 0 fully saturated rings. The van der Waals surface area contributed by atoms with Gasteiger partial charge >= 0.3 is 0 Å². The molecule has 0 saturated carbocycles.